The summed E-state index contributed by atoms with van der Waals surface area (Å²) in [7, 11) is 0. The van der Waals surface area contributed by atoms with Crippen molar-refractivity contribution in [1.29, 1.82) is 0 Å². The number of rotatable bonds is 8. The lowest BCUT2D eigenvalue weighted by Gasteiger charge is -2.33. The van der Waals surface area contributed by atoms with Crippen molar-refractivity contribution in [1.82, 2.24) is 9.97 Å². The van der Waals surface area contributed by atoms with E-state index in [4.69, 9.17) is 4.84 Å². The lowest BCUT2D eigenvalue weighted by Crippen LogP contribution is -2.36. The van der Waals surface area contributed by atoms with E-state index in [9.17, 15) is 14.3 Å². The zero-order chi connectivity index (χ0) is 31.1. The quantitative estimate of drug-likeness (QED) is 0.172. The van der Waals surface area contributed by atoms with Crippen LogP contribution >= 0.6 is 0 Å². The van der Waals surface area contributed by atoms with Gasteiger partial charge in [0, 0.05) is 36.4 Å². The number of anilines is 2. The molecule has 1 N–H and O–H groups in total. The first kappa shape index (κ1) is 32.0. The van der Waals surface area contributed by atoms with Crippen LogP contribution in [-0.2, 0) is 9.63 Å². The van der Waals surface area contributed by atoms with Crippen LogP contribution in [0.25, 0.3) is 22.0 Å². The van der Waals surface area contributed by atoms with Crippen molar-refractivity contribution in [2.45, 2.75) is 72.3 Å². The van der Waals surface area contributed by atoms with Crippen LogP contribution in [0.2, 0.25) is 0 Å². The maximum atomic E-state index is 15.2. The number of oxime groups is 1. The number of halogens is 2. The average molecular weight is 594 g/mol. The van der Waals surface area contributed by atoms with Gasteiger partial charge < -0.3 is 19.7 Å². The van der Waals surface area contributed by atoms with Gasteiger partial charge in [-0.2, -0.15) is 0 Å². The van der Waals surface area contributed by atoms with Crippen LogP contribution in [0.5, 0.6) is 0 Å². The van der Waals surface area contributed by atoms with Gasteiger partial charge in [0.25, 0.3) is 0 Å². The Morgan fingerprint density at radius 3 is 2.49 bits per heavy atom. The Hall–Kier alpha value is -3.92. The van der Waals surface area contributed by atoms with Gasteiger partial charge >= 0.3 is 0 Å². The highest BCUT2D eigenvalue weighted by molar-refractivity contribution is 6.00. The molecule has 2 fully saturated rings. The highest BCUT2D eigenvalue weighted by Gasteiger charge is 2.31. The first-order valence-corrected chi connectivity index (χ1v) is 15.0. The summed E-state index contributed by atoms with van der Waals surface area (Å²) in [6, 6.07) is 7.13. The third-order valence-corrected chi connectivity index (χ3v) is 7.57. The normalized spacial score (nSPS) is 17.7. The molecule has 0 saturated carbocycles. The number of carbonyl (C=O) groups excluding carboxylic acids is 1. The number of nitrogens with zero attached hydrogens (tertiary/aromatic N) is 5. The molecule has 1 aromatic heterocycles. The molecule has 0 bridgehead atoms. The van der Waals surface area contributed by atoms with E-state index in [1.807, 2.05) is 6.92 Å². The van der Waals surface area contributed by atoms with Crippen LogP contribution in [-0.4, -0.2) is 52.4 Å². The molecule has 43 heavy (non-hydrogen) atoms. The Balaban J connectivity index is 0.00000135. The predicted molar refractivity (Wildman–Crippen MR) is 167 cm³/mol. The number of amides is 1. The number of hydrogen-bond donors (Lipinski definition) is 1. The van der Waals surface area contributed by atoms with Crippen molar-refractivity contribution < 1.29 is 23.5 Å². The standard InChI is InChI=1S/C30H33F2N5O3.C3H8/c1-4-5-18(2)40-35-19(3)20-8-10-36(11-9-20)30-25-14-22(31)13-24(29(25)33-17-34-30)21-6-7-27(26(32)12-21)37-16-23(38)15-28(37)39;1-3-2/h6-7,12-14,17,20,23,38H,2,4-5,8-11,15-16H2,1,3H3;3H2,1-2H3/b35-19+;. The van der Waals surface area contributed by atoms with Crippen molar-refractivity contribution in [3.63, 3.8) is 0 Å². The van der Waals surface area contributed by atoms with E-state index in [0.29, 0.717) is 46.7 Å². The van der Waals surface area contributed by atoms with E-state index in [0.717, 1.165) is 31.4 Å². The molecule has 2 saturated heterocycles. The maximum absolute atomic E-state index is 15.2. The summed E-state index contributed by atoms with van der Waals surface area (Å²) < 4.78 is 30.1. The molecule has 0 aliphatic carbocycles. The molecular formula is C33H41F2N5O3. The fraction of sp³-hybridized carbons (Fsp3) is 0.455. The van der Waals surface area contributed by atoms with E-state index < -0.39 is 17.7 Å². The molecule has 2 aliphatic rings. The van der Waals surface area contributed by atoms with E-state index >= 15 is 4.39 Å². The minimum Gasteiger partial charge on any atom is -0.391 e. The maximum Gasteiger partial charge on any atom is 0.229 e. The minimum absolute atomic E-state index is 0.0395. The summed E-state index contributed by atoms with van der Waals surface area (Å²) in [5.41, 5.74) is 2.38. The highest BCUT2D eigenvalue weighted by Crippen LogP contribution is 2.36. The molecule has 3 heterocycles. The van der Waals surface area contributed by atoms with Gasteiger partial charge in [-0.3, -0.25) is 4.79 Å². The highest BCUT2D eigenvalue weighted by atomic mass is 19.1. The molecule has 1 unspecified atom stereocenters. The molecule has 10 heteroatoms. The van der Waals surface area contributed by atoms with Gasteiger partial charge in [0.15, 0.2) is 0 Å². The number of aliphatic hydroxyl groups is 1. The summed E-state index contributed by atoms with van der Waals surface area (Å²) in [6.45, 7) is 13.6. The second-order valence-corrected chi connectivity index (χ2v) is 11.2. The number of β-amino-alcohol motifs (C(OH)–C–C–N with tert-alkyl or cyclic N) is 1. The summed E-state index contributed by atoms with van der Waals surface area (Å²) >= 11 is 0. The molecular weight excluding hydrogens is 552 g/mol. The number of carbonyl (C=O) groups is 1. The van der Waals surface area contributed by atoms with Gasteiger partial charge in [-0.1, -0.05) is 45.0 Å². The topological polar surface area (TPSA) is 91.2 Å². The monoisotopic (exact) mass is 593 g/mol. The number of allylic oxidation sites excluding steroid dienone is 1. The Morgan fingerprint density at radius 1 is 1.14 bits per heavy atom. The Bertz CT molecular complexity index is 1490. The Morgan fingerprint density at radius 2 is 1.86 bits per heavy atom. The first-order chi connectivity index (χ1) is 20.7. The number of piperidine rings is 1. The Kier molecular flexibility index (Phi) is 10.8. The van der Waals surface area contributed by atoms with Gasteiger partial charge in [0.2, 0.25) is 5.91 Å². The molecule has 2 aromatic carbocycles. The zero-order valence-electron chi connectivity index (χ0n) is 25.4. The smallest absolute Gasteiger partial charge is 0.229 e. The van der Waals surface area contributed by atoms with Crippen molar-refractivity contribution in [3.8, 4) is 11.1 Å². The lowest BCUT2D eigenvalue weighted by atomic mass is 9.92. The third-order valence-electron chi connectivity index (χ3n) is 7.57. The Labute approximate surface area is 252 Å². The molecule has 8 nitrogen and oxygen atoms in total. The zero-order valence-corrected chi connectivity index (χ0v) is 25.4. The summed E-state index contributed by atoms with van der Waals surface area (Å²) in [5, 5.41) is 14.6. The van der Waals surface area contributed by atoms with Crippen molar-refractivity contribution in [2.24, 2.45) is 11.1 Å². The molecule has 0 spiro atoms. The van der Waals surface area contributed by atoms with Gasteiger partial charge in [-0.05, 0) is 56.0 Å². The van der Waals surface area contributed by atoms with E-state index in [2.05, 4.69) is 47.4 Å². The summed E-state index contributed by atoms with van der Waals surface area (Å²) in [4.78, 5) is 29.9. The molecule has 0 radical (unpaired) electrons. The van der Waals surface area contributed by atoms with E-state index in [-0.39, 0.29) is 30.5 Å². The number of aromatic nitrogens is 2. The summed E-state index contributed by atoms with van der Waals surface area (Å²) in [5.74, 6) is 0.0855. The van der Waals surface area contributed by atoms with Crippen LogP contribution in [0.15, 0.2) is 54.2 Å². The van der Waals surface area contributed by atoms with Crippen LogP contribution < -0.4 is 9.80 Å². The van der Waals surface area contributed by atoms with Crippen LogP contribution in [0, 0.1) is 17.6 Å². The van der Waals surface area contributed by atoms with Crippen LogP contribution in [0.1, 0.15) is 66.2 Å². The van der Waals surface area contributed by atoms with E-state index in [1.54, 1.807) is 6.07 Å². The second kappa shape index (κ2) is 14.5. The van der Waals surface area contributed by atoms with Crippen LogP contribution in [0.4, 0.5) is 20.3 Å². The molecule has 2 aliphatic heterocycles. The molecule has 1 atom stereocenters. The van der Waals surface area contributed by atoms with Crippen molar-refractivity contribution in [3.05, 3.63) is 60.6 Å². The molecule has 3 aromatic rings. The minimum atomic E-state index is -0.825. The largest absolute Gasteiger partial charge is 0.391 e. The van der Waals surface area contributed by atoms with Gasteiger partial charge in [0.1, 0.15) is 29.5 Å². The first-order valence-electron chi connectivity index (χ1n) is 15.0. The second-order valence-electron chi connectivity index (χ2n) is 11.2. The van der Waals surface area contributed by atoms with E-state index in [1.165, 1.54) is 41.9 Å². The molecule has 1 amide bonds. The average Bonchev–Trinajstić information content (AvgIpc) is 3.32. The fourth-order valence-electron chi connectivity index (χ4n) is 5.45. The third kappa shape index (κ3) is 7.54. The van der Waals surface area contributed by atoms with Crippen molar-refractivity contribution in [2.75, 3.05) is 29.4 Å². The SMILES string of the molecule is C=C(CCC)O/N=C(\C)C1CCN(c2ncnc3c(-c4ccc(N5CC(O)CC5=O)c(F)c4)cc(F)cc23)CC1.CCC. The van der Waals surface area contributed by atoms with Crippen molar-refractivity contribution >= 4 is 34.0 Å². The van der Waals surface area contributed by atoms with Gasteiger partial charge in [-0.25, -0.2) is 18.7 Å². The van der Waals surface area contributed by atoms with Gasteiger partial charge in [-0.15, -0.1) is 0 Å². The fourth-order valence-corrected chi connectivity index (χ4v) is 5.45. The molecule has 5 rings (SSSR count). The molecule has 230 valence electrons. The summed E-state index contributed by atoms with van der Waals surface area (Å²) in [6.07, 6.45) is 5.22. The predicted octanol–water partition coefficient (Wildman–Crippen LogP) is 7.01. The van der Waals surface area contributed by atoms with Gasteiger partial charge in [0.05, 0.1) is 36.0 Å². The lowest BCUT2D eigenvalue weighted by molar-refractivity contribution is -0.117. The number of fused-ring (bicyclic) bond motifs is 1. The number of aliphatic hydroxyl groups excluding tert-OH is 1. The number of hydrogen-bond acceptors (Lipinski definition) is 7. The number of benzene rings is 2. The van der Waals surface area contributed by atoms with Crippen LogP contribution in [0.3, 0.4) is 0 Å².